The summed E-state index contributed by atoms with van der Waals surface area (Å²) >= 11 is 0. The topological polar surface area (TPSA) is 29.5 Å². The lowest BCUT2D eigenvalue weighted by Gasteiger charge is -2.25. The fourth-order valence-corrected chi connectivity index (χ4v) is 1.70. The third-order valence-corrected chi connectivity index (χ3v) is 2.65. The predicted octanol–water partition coefficient (Wildman–Crippen LogP) is 3.16. The number of rotatable bonds is 4. The fourth-order valence-electron chi connectivity index (χ4n) is 1.70. The Morgan fingerprint density at radius 3 is 2.39 bits per heavy atom. The number of ether oxygens (including phenoxy) is 1. The van der Waals surface area contributed by atoms with Crippen LogP contribution in [0.2, 0.25) is 0 Å². The standard InChI is InChI=1S/C15H23NO2/c1-6-16(13-10-8-7-9-12(13)2)14(17)11-18-15(3,4)5/h7-10H,6,11H2,1-5H3. The van der Waals surface area contributed by atoms with E-state index in [9.17, 15) is 4.79 Å². The van der Waals surface area contributed by atoms with Crippen molar-refractivity contribution < 1.29 is 9.53 Å². The number of anilines is 1. The highest BCUT2D eigenvalue weighted by Crippen LogP contribution is 2.19. The van der Waals surface area contributed by atoms with Gasteiger partial charge in [-0.1, -0.05) is 18.2 Å². The number of para-hydroxylation sites is 1. The minimum absolute atomic E-state index is 0.00160. The molecule has 0 radical (unpaired) electrons. The molecule has 0 unspecified atom stereocenters. The molecule has 1 rings (SSSR count). The second kappa shape index (κ2) is 6.01. The van der Waals surface area contributed by atoms with Gasteiger partial charge < -0.3 is 9.64 Å². The number of hydrogen-bond acceptors (Lipinski definition) is 2. The molecule has 0 aliphatic carbocycles. The molecule has 0 fully saturated rings. The summed E-state index contributed by atoms with van der Waals surface area (Å²) in [7, 11) is 0. The second-order valence-corrected chi connectivity index (χ2v) is 5.33. The third kappa shape index (κ3) is 4.15. The van der Waals surface area contributed by atoms with E-state index in [0.717, 1.165) is 11.3 Å². The van der Waals surface area contributed by atoms with E-state index in [2.05, 4.69) is 0 Å². The van der Waals surface area contributed by atoms with Gasteiger partial charge in [-0.15, -0.1) is 0 Å². The first kappa shape index (κ1) is 14.7. The number of likely N-dealkylation sites (N-methyl/N-ethyl adjacent to an activating group) is 1. The summed E-state index contributed by atoms with van der Waals surface area (Å²) in [6, 6.07) is 7.90. The molecule has 3 heteroatoms. The van der Waals surface area contributed by atoms with Crippen LogP contribution in [-0.2, 0) is 9.53 Å². The smallest absolute Gasteiger partial charge is 0.252 e. The van der Waals surface area contributed by atoms with E-state index >= 15 is 0 Å². The number of hydrogen-bond donors (Lipinski definition) is 0. The van der Waals surface area contributed by atoms with E-state index in [0.29, 0.717) is 6.54 Å². The van der Waals surface area contributed by atoms with Crippen molar-refractivity contribution in [2.45, 2.75) is 40.2 Å². The SMILES string of the molecule is CCN(C(=O)COC(C)(C)C)c1ccccc1C. The molecule has 0 bridgehead atoms. The van der Waals surface area contributed by atoms with Crippen LogP contribution in [0.3, 0.4) is 0 Å². The molecule has 1 amide bonds. The molecule has 100 valence electrons. The molecule has 0 saturated heterocycles. The van der Waals surface area contributed by atoms with Gasteiger partial charge in [0.15, 0.2) is 0 Å². The maximum absolute atomic E-state index is 12.2. The summed E-state index contributed by atoms with van der Waals surface area (Å²) in [5.41, 5.74) is 1.77. The van der Waals surface area contributed by atoms with Gasteiger partial charge in [0.25, 0.3) is 5.91 Å². The van der Waals surface area contributed by atoms with Crippen LogP contribution in [0.1, 0.15) is 33.3 Å². The number of nitrogens with zero attached hydrogens (tertiary/aromatic N) is 1. The first-order chi connectivity index (χ1) is 8.35. The Balaban J connectivity index is 2.78. The third-order valence-electron chi connectivity index (χ3n) is 2.65. The van der Waals surface area contributed by atoms with Crippen LogP contribution in [0, 0.1) is 6.92 Å². The summed E-state index contributed by atoms with van der Waals surface area (Å²) in [6.45, 7) is 10.6. The minimum Gasteiger partial charge on any atom is -0.366 e. The van der Waals surface area contributed by atoms with E-state index in [1.165, 1.54) is 0 Å². The molecule has 1 aromatic rings. The average molecular weight is 249 g/mol. The van der Waals surface area contributed by atoms with Crippen molar-refractivity contribution in [3.63, 3.8) is 0 Å². The molecule has 0 saturated carbocycles. The summed E-state index contributed by atoms with van der Waals surface area (Å²) in [6.07, 6.45) is 0. The molecule has 0 atom stereocenters. The molecule has 0 aromatic heterocycles. The van der Waals surface area contributed by atoms with E-state index < -0.39 is 0 Å². The largest absolute Gasteiger partial charge is 0.366 e. The van der Waals surface area contributed by atoms with Gasteiger partial charge in [-0.2, -0.15) is 0 Å². The Hall–Kier alpha value is -1.35. The van der Waals surface area contributed by atoms with Crippen molar-refractivity contribution in [1.29, 1.82) is 0 Å². The zero-order valence-corrected chi connectivity index (χ0v) is 12.0. The minimum atomic E-state index is -0.291. The van der Waals surface area contributed by atoms with Crippen molar-refractivity contribution >= 4 is 11.6 Å². The lowest BCUT2D eigenvalue weighted by molar-refractivity contribution is -0.127. The summed E-state index contributed by atoms with van der Waals surface area (Å²) in [5, 5.41) is 0. The van der Waals surface area contributed by atoms with Gasteiger partial charge in [0.2, 0.25) is 0 Å². The second-order valence-electron chi connectivity index (χ2n) is 5.33. The van der Waals surface area contributed by atoms with E-state index in [4.69, 9.17) is 4.74 Å². The molecule has 0 aliphatic heterocycles. The lowest BCUT2D eigenvalue weighted by atomic mass is 10.1. The highest BCUT2D eigenvalue weighted by atomic mass is 16.5. The van der Waals surface area contributed by atoms with Crippen LogP contribution >= 0.6 is 0 Å². The summed E-state index contributed by atoms with van der Waals surface area (Å²) in [5.74, 6) is 0.00160. The molecule has 0 spiro atoms. The maximum atomic E-state index is 12.2. The van der Waals surface area contributed by atoms with E-state index in [1.807, 2.05) is 58.9 Å². The molecule has 3 nitrogen and oxygen atoms in total. The number of amides is 1. The predicted molar refractivity (Wildman–Crippen MR) is 74.9 cm³/mol. The average Bonchev–Trinajstić information content (AvgIpc) is 2.29. The van der Waals surface area contributed by atoms with Crippen molar-refractivity contribution in [1.82, 2.24) is 0 Å². The Morgan fingerprint density at radius 1 is 1.28 bits per heavy atom. The quantitative estimate of drug-likeness (QED) is 0.820. The summed E-state index contributed by atoms with van der Waals surface area (Å²) < 4.78 is 5.54. The number of carbonyl (C=O) groups is 1. The summed E-state index contributed by atoms with van der Waals surface area (Å²) in [4.78, 5) is 13.9. The Morgan fingerprint density at radius 2 is 1.89 bits per heavy atom. The van der Waals surface area contributed by atoms with E-state index in [-0.39, 0.29) is 18.1 Å². The van der Waals surface area contributed by atoms with Crippen LogP contribution in [0.5, 0.6) is 0 Å². The molecule has 1 aromatic carbocycles. The number of benzene rings is 1. The van der Waals surface area contributed by atoms with Crippen molar-refractivity contribution in [3.8, 4) is 0 Å². The van der Waals surface area contributed by atoms with Gasteiger partial charge in [0, 0.05) is 12.2 Å². The van der Waals surface area contributed by atoms with Crippen molar-refractivity contribution in [2.75, 3.05) is 18.1 Å². The van der Waals surface area contributed by atoms with Gasteiger partial charge in [-0.3, -0.25) is 4.79 Å². The first-order valence-corrected chi connectivity index (χ1v) is 6.35. The molecule has 0 aliphatic rings. The monoisotopic (exact) mass is 249 g/mol. The van der Waals surface area contributed by atoms with Crippen molar-refractivity contribution in [3.05, 3.63) is 29.8 Å². The zero-order valence-electron chi connectivity index (χ0n) is 12.0. The van der Waals surface area contributed by atoms with Gasteiger partial charge in [0.1, 0.15) is 6.61 Å². The molecular weight excluding hydrogens is 226 g/mol. The molecule has 0 heterocycles. The van der Waals surface area contributed by atoms with Gasteiger partial charge >= 0.3 is 0 Å². The van der Waals surface area contributed by atoms with Crippen molar-refractivity contribution in [2.24, 2.45) is 0 Å². The molecule has 0 N–H and O–H groups in total. The van der Waals surface area contributed by atoms with Gasteiger partial charge in [-0.05, 0) is 46.2 Å². The van der Waals surface area contributed by atoms with Crippen LogP contribution in [0.25, 0.3) is 0 Å². The number of aryl methyl sites for hydroxylation is 1. The Labute approximate surface area is 110 Å². The van der Waals surface area contributed by atoms with Crippen LogP contribution in [0.15, 0.2) is 24.3 Å². The highest BCUT2D eigenvalue weighted by molar-refractivity contribution is 5.94. The van der Waals surface area contributed by atoms with Gasteiger partial charge in [-0.25, -0.2) is 0 Å². The van der Waals surface area contributed by atoms with E-state index in [1.54, 1.807) is 4.90 Å². The van der Waals surface area contributed by atoms with Gasteiger partial charge in [0.05, 0.1) is 5.60 Å². The first-order valence-electron chi connectivity index (χ1n) is 6.35. The molecule has 18 heavy (non-hydrogen) atoms. The zero-order chi connectivity index (χ0) is 13.8. The fraction of sp³-hybridized carbons (Fsp3) is 0.533. The van der Waals surface area contributed by atoms with Crippen LogP contribution in [-0.4, -0.2) is 24.7 Å². The number of carbonyl (C=O) groups excluding carboxylic acids is 1. The van der Waals surface area contributed by atoms with Crippen LogP contribution in [0.4, 0.5) is 5.69 Å². The Bertz CT molecular complexity index is 407. The Kier molecular flexibility index (Phi) is 4.91. The molecular formula is C15H23NO2. The highest BCUT2D eigenvalue weighted by Gasteiger charge is 2.19. The maximum Gasteiger partial charge on any atom is 0.252 e. The normalized spacial score (nSPS) is 11.4. The lowest BCUT2D eigenvalue weighted by Crippen LogP contribution is -2.36. The van der Waals surface area contributed by atoms with Crippen LogP contribution < -0.4 is 4.90 Å².